The van der Waals surface area contributed by atoms with Crippen LogP contribution < -0.4 is 4.72 Å². The van der Waals surface area contributed by atoms with Crippen LogP contribution >= 0.6 is 11.6 Å². The topological polar surface area (TPSA) is 72.0 Å². The molecule has 21 heavy (non-hydrogen) atoms. The number of rotatable bonds is 3. The zero-order valence-corrected chi connectivity index (χ0v) is 13.5. The summed E-state index contributed by atoms with van der Waals surface area (Å²) in [5, 5.41) is 0.00684. The van der Waals surface area contributed by atoms with Gasteiger partial charge >= 0.3 is 0 Å². The van der Waals surface area contributed by atoms with E-state index in [2.05, 4.69) is 35.5 Å². The van der Waals surface area contributed by atoms with Gasteiger partial charge in [-0.2, -0.15) is 0 Å². The molecule has 0 amide bonds. The number of sulfonamides is 1. The molecule has 0 aliphatic carbocycles. The molecule has 2 aromatic rings. The number of nitrogens with zero attached hydrogens (tertiary/aromatic N) is 2. The van der Waals surface area contributed by atoms with Crippen LogP contribution in [-0.2, 0) is 15.4 Å². The molecule has 0 aliphatic rings. The van der Waals surface area contributed by atoms with Crippen molar-refractivity contribution in [3.63, 3.8) is 0 Å². The molecule has 0 saturated carbocycles. The second-order valence-electron chi connectivity index (χ2n) is 5.58. The number of hydrogen-bond donors (Lipinski definition) is 1. The zero-order chi connectivity index (χ0) is 15.7. The van der Waals surface area contributed by atoms with Crippen LogP contribution in [0.5, 0.6) is 0 Å². The van der Waals surface area contributed by atoms with Gasteiger partial charge in [0.05, 0.1) is 4.90 Å². The molecule has 0 aliphatic heterocycles. The lowest BCUT2D eigenvalue weighted by molar-refractivity contribution is 0.587. The van der Waals surface area contributed by atoms with Gasteiger partial charge in [0.2, 0.25) is 0 Å². The van der Waals surface area contributed by atoms with E-state index in [9.17, 15) is 8.42 Å². The summed E-state index contributed by atoms with van der Waals surface area (Å²) in [5.74, 6) is 0.0130. The van der Waals surface area contributed by atoms with E-state index in [4.69, 9.17) is 11.6 Å². The Morgan fingerprint density at radius 2 is 1.62 bits per heavy atom. The maximum atomic E-state index is 12.3. The van der Waals surface area contributed by atoms with E-state index in [1.165, 1.54) is 12.4 Å². The van der Waals surface area contributed by atoms with E-state index in [1.54, 1.807) is 24.3 Å². The average Bonchev–Trinajstić information content (AvgIpc) is 2.40. The molecule has 112 valence electrons. The second kappa shape index (κ2) is 5.61. The van der Waals surface area contributed by atoms with Gasteiger partial charge in [0.15, 0.2) is 11.0 Å². The maximum Gasteiger partial charge on any atom is 0.263 e. The van der Waals surface area contributed by atoms with Crippen molar-refractivity contribution in [1.82, 2.24) is 9.97 Å². The molecular weight excluding hydrogens is 310 g/mol. The first-order chi connectivity index (χ1) is 9.70. The lowest BCUT2D eigenvalue weighted by Gasteiger charge is -2.19. The van der Waals surface area contributed by atoms with Gasteiger partial charge in [-0.1, -0.05) is 44.5 Å². The van der Waals surface area contributed by atoms with Crippen LogP contribution in [0.1, 0.15) is 26.3 Å². The van der Waals surface area contributed by atoms with Gasteiger partial charge in [0.1, 0.15) is 0 Å². The van der Waals surface area contributed by atoms with Crippen LogP contribution in [0.15, 0.2) is 41.6 Å². The largest absolute Gasteiger partial charge is 0.263 e. The Morgan fingerprint density at radius 1 is 1.05 bits per heavy atom. The quantitative estimate of drug-likeness (QED) is 0.940. The van der Waals surface area contributed by atoms with Crippen molar-refractivity contribution in [1.29, 1.82) is 0 Å². The summed E-state index contributed by atoms with van der Waals surface area (Å²) in [4.78, 5) is 7.79. The number of aromatic nitrogens is 2. The smallest absolute Gasteiger partial charge is 0.261 e. The van der Waals surface area contributed by atoms with Crippen molar-refractivity contribution < 1.29 is 8.42 Å². The monoisotopic (exact) mass is 325 g/mol. The van der Waals surface area contributed by atoms with E-state index in [0.29, 0.717) is 0 Å². The molecule has 2 rings (SSSR count). The minimum Gasteiger partial charge on any atom is -0.261 e. The molecule has 0 unspecified atom stereocenters. The summed E-state index contributed by atoms with van der Waals surface area (Å²) in [5.41, 5.74) is 1.02. The predicted octanol–water partition coefficient (Wildman–Crippen LogP) is 3.23. The summed E-state index contributed by atoms with van der Waals surface area (Å²) in [7, 11) is -3.74. The van der Waals surface area contributed by atoms with E-state index in [-0.39, 0.29) is 21.3 Å². The molecule has 0 bridgehead atoms. The SMILES string of the molecule is CC(C)(C)c1ccc(S(=O)(=O)Nc2nccnc2Cl)cc1. The molecule has 0 fully saturated rings. The molecule has 5 nitrogen and oxygen atoms in total. The molecule has 1 aromatic carbocycles. The highest BCUT2D eigenvalue weighted by atomic mass is 35.5. The van der Waals surface area contributed by atoms with Gasteiger partial charge in [0, 0.05) is 12.4 Å². The van der Waals surface area contributed by atoms with Gasteiger partial charge in [-0.3, -0.25) is 4.72 Å². The predicted molar refractivity (Wildman–Crippen MR) is 83.0 cm³/mol. The van der Waals surface area contributed by atoms with E-state index < -0.39 is 10.0 Å². The van der Waals surface area contributed by atoms with Gasteiger partial charge in [0.25, 0.3) is 10.0 Å². The lowest BCUT2D eigenvalue weighted by Crippen LogP contribution is -2.16. The molecule has 0 spiro atoms. The Bertz CT molecular complexity index is 738. The highest BCUT2D eigenvalue weighted by molar-refractivity contribution is 7.92. The van der Waals surface area contributed by atoms with E-state index >= 15 is 0 Å². The maximum absolute atomic E-state index is 12.3. The van der Waals surface area contributed by atoms with E-state index in [0.717, 1.165) is 5.56 Å². The Hall–Kier alpha value is -1.66. The summed E-state index contributed by atoms with van der Waals surface area (Å²) in [6.07, 6.45) is 2.75. The highest BCUT2D eigenvalue weighted by Crippen LogP contribution is 2.24. The van der Waals surface area contributed by atoms with Crippen LogP contribution in [0, 0.1) is 0 Å². The average molecular weight is 326 g/mol. The summed E-state index contributed by atoms with van der Waals surface area (Å²) in [6.45, 7) is 6.19. The molecule has 1 N–H and O–H groups in total. The van der Waals surface area contributed by atoms with Crippen molar-refractivity contribution in [2.45, 2.75) is 31.1 Å². The zero-order valence-electron chi connectivity index (χ0n) is 12.0. The molecule has 0 atom stereocenters. The number of anilines is 1. The minimum atomic E-state index is -3.74. The number of nitrogens with one attached hydrogen (secondary N) is 1. The van der Waals surface area contributed by atoms with Crippen LogP contribution in [0.25, 0.3) is 0 Å². The first kappa shape index (κ1) is 15.7. The van der Waals surface area contributed by atoms with Crippen LogP contribution in [0.3, 0.4) is 0 Å². The summed E-state index contributed by atoms with van der Waals surface area (Å²) < 4.78 is 26.9. The Morgan fingerprint density at radius 3 is 2.14 bits per heavy atom. The van der Waals surface area contributed by atoms with E-state index in [1.807, 2.05) is 0 Å². The van der Waals surface area contributed by atoms with Gasteiger partial charge in [-0.15, -0.1) is 0 Å². The van der Waals surface area contributed by atoms with Crippen molar-refractivity contribution in [3.8, 4) is 0 Å². The fourth-order valence-corrected chi connectivity index (χ4v) is 2.93. The van der Waals surface area contributed by atoms with Crippen LogP contribution in [-0.4, -0.2) is 18.4 Å². The molecule has 0 radical (unpaired) electrons. The molecule has 7 heteroatoms. The van der Waals surface area contributed by atoms with Gasteiger partial charge < -0.3 is 0 Å². The van der Waals surface area contributed by atoms with Crippen LogP contribution in [0.4, 0.5) is 5.82 Å². The third-order valence-corrected chi connectivity index (χ3v) is 4.55. The fraction of sp³-hybridized carbons (Fsp3) is 0.286. The molecule has 1 aromatic heterocycles. The van der Waals surface area contributed by atoms with Crippen molar-refractivity contribution in [2.24, 2.45) is 0 Å². The normalized spacial score (nSPS) is 12.2. The number of benzene rings is 1. The first-order valence-electron chi connectivity index (χ1n) is 6.30. The summed E-state index contributed by atoms with van der Waals surface area (Å²) >= 11 is 5.80. The molecule has 0 saturated heterocycles. The summed E-state index contributed by atoms with van der Waals surface area (Å²) in [6, 6.07) is 6.72. The lowest BCUT2D eigenvalue weighted by atomic mass is 9.87. The second-order valence-corrected chi connectivity index (χ2v) is 7.62. The van der Waals surface area contributed by atoms with Crippen molar-refractivity contribution in [3.05, 3.63) is 47.4 Å². The molecule has 1 heterocycles. The fourth-order valence-electron chi connectivity index (χ4n) is 1.71. The Balaban J connectivity index is 2.30. The Labute approximate surface area is 129 Å². The number of halogens is 1. The number of hydrogen-bond acceptors (Lipinski definition) is 4. The molecular formula is C14H16ClN3O2S. The van der Waals surface area contributed by atoms with Gasteiger partial charge in [-0.25, -0.2) is 18.4 Å². The third kappa shape index (κ3) is 3.71. The Kier molecular flexibility index (Phi) is 4.20. The minimum absolute atomic E-state index is 0.00684. The van der Waals surface area contributed by atoms with Crippen LogP contribution in [0.2, 0.25) is 5.15 Å². The van der Waals surface area contributed by atoms with Gasteiger partial charge in [-0.05, 0) is 23.1 Å². The first-order valence-corrected chi connectivity index (χ1v) is 8.16. The standard InChI is InChI=1S/C14H16ClN3O2S/c1-14(2,3)10-4-6-11(7-5-10)21(19,20)18-13-12(15)16-8-9-17-13/h4-9H,1-3H3,(H,17,18). The van der Waals surface area contributed by atoms with Crippen molar-refractivity contribution in [2.75, 3.05) is 4.72 Å². The highest BCUT2D eigenvalue weighted by Gasteiger charge is 2.19. The third-order valence-electron chi connectivity index (χ3n) is 2.92. The van der Waals surface area contributed by atoms with Crippen molar-refractivity contribution >= 4 is 27.4 Å².